The first kappa shape index (κ1) is 23.0. The molecule has 1 aliphatic rings. The van der Waals surface area contributed by atoms with Crippen molar-refractivity contribution in [1.29, 1.82) is 0 Å². The van der Waals surface area contributed by atoms with Gasteiger partial charge >= 0.3 is 17.9 Å². The predicted octanol–water partition coefficient (Wildman–Crippen LogP) is 2.31. The van der Waals surface area contributed by atoms with Gasteiger partial charge in [0.2, 0.25) is 9.73 Å². The quantitative estimate of drug-likeness (QED) is 0.298. The van der Waals surface area contributed by atoms with Gasteiger partial charge in [-0.15, -0.1) is 5.10 Å². The molecule has 1 aromatic carbocycles. The van der Waals surface area contributed by atoms with Gasteiger partial charge in [-0.1, -0.05) is 41.7 Å². The normalized spacial score (nSPS) is 22.6. The molecule has 174 valence electrons. The van der Waals surface area contributed by atoms with Gasteiger partial charge in [0.15, 0.2) is 24.5 Å². The average Bonchev–Trinajstić information content (AvgIpc) is 3.30. The van der Waals surface area contributed by atoms with Gasteiger partial charge in [0, 0.05) is 26.3 Å². The monoisotopic (exact) mass is 492 g/mol. The maximum Gasteiger partial charge on any atom is 0.303 e. The van der Waals surface area contributed by atoms with E-state index >= 15 is 0 Å². The van der Waals surface area contributed by atoms with Crippen LogP contribution in [0.2, 0.25) is 0 Å². The zero-order valence-electron chi connectivity index (χ0n) is 17.9. The number of fused-ring (bicyclic) bond motifs is 1. The van der Waals surface area contributed by atoms with Crippen molar-refractivity contribution in [2.45, 2.75) is 45.3 Å². The lowest BCUT2D eigenvalue weighted by Gasteiger charge is -2.40. The van der Waals surface area contributed by atoms with E-state index in [1.54, 1.807) is 0 Å². The second-order valence-corrected chi connectivity index (χ2v) is 8.54. The van der Waals surface area contributed by atoms with Crippen LogP contribution in [0.1, 0.15) is 27.0 Å². The molecule has 3 heterocycles. The zero-order valence-corrected chi connectivity index (χ0v) is 19.5. The molecule has 33 heavy (non-hydrogen) atoms. The van der Waals surface area contributed by atoms with Crippen molar-refractivity contribution in [3.05, 3.63) is 35.1 Å². The third-order valence-electron chi connectivity index (χ3n) is 4.72. The summed E-state index contributed by atoms with van der Waals surface area (Å²) < 4.78 is 24.9. The van der Waals surface area contributed by atoms with Crippen LogP contribution < -0.4 is 0 Å². The van der Waals surface area contributed by atoms with Crippen molar-refractivity contribution in [3.8, 4) is 10.6 Å². The van der Waals surface area contributed by atoms with Gasteiger partial charge in [-0.05, 0) is 12.2 Å². The van der Waals surface area contributed by atoms with Crippen LogP contribution in [0.5, 0.6) is 0 Å². The SMILES string of the molecule is CC(=O)O[C@@H]1[C@@H](OC(C)=O)[C@H](n2nc3sc(-c4ccccc4)nn3c2=S)OC[C@@H]1OC(C)=O. The summed E-state index contributed by atoms with van der Waals surface area (Å²) in [5.74, 6) is -1.89. The molecule has 0 unspecified atom stereocenters. The van der Waals surface area contributed by atoms with E-state index in [0.717, 1.165) is 10.6 Å². The molecule has 0 bridgehead atoms. The highest BCUT2D eigenvalue weighted by Gasteiger charge is 2.48. The number of carbonyl (C=O) groups is 3. The Hall–Kier alpha value is -3.16. The summed E-state index contributed by atoms with van der Waals surface area (Å²) in [6.07, 6.45) is -4.31. The van der Waals surface area contributed by atoms with Crippen molar-refractivity contribution >= 4 is 46.4 Å². The highest BCUT2D eigenvalue weighted by atomic mass is 32.1. The van der Waals surface area contributed by atoms with E-state index in [9.17, 15) is 14.4 Å². The van der Waals surface area contributed by atoms with Gasteiger partial charge in [-0.25, -0.2) is 4.68 Å². The minimum atomic E-state index is -1.17. The van der Waals surface area contributed by atoms with E-state index in [0.29, 0.717) is 4.96 Å². The third kappa shape index (κ3) is 4.79. The minimum Gasteiger partial charge on any atom is -0.456 e. The smallest absolute Gasteiger partial charge is 0.303 e. The summed E-state index contributed by atoms with van der Waals surface area (Å²) in [5, 5.41) is 9.77. The van der Waals surface area contributed by atoms with Crippen LogP contribution >= 0.6 is 23.6 Å². The van der Waals surface area contributed by atoms with Crippen molar-refractivity contribution in [2.24, 2.45) is 0 Å². The molecule has 13 heteroatoms. The second-order valence-electron chi connectivity index (χ2n) is 7.21. The van der Waals surface area contributed by atoms with E-state index in [4.69, 9.17) is 31.2 Å². The van der Waals surface area contributed by atoms with Crippen LogP contribution in [0, 0.1) is 4.77 Å². The highest BCUT2D eigenvalue weighted by molar-refractivity contribution is 7.71. The van der Waals surface area contributed by atoms with Gasteiger partial charge in [0.1, 0.15) is 5.01 Å². The predicted molar refractivity (Wildman–Crippen MR) is 117 cm³/mol. The Morgan fingerprint density at radius 1 is 1.00 bits per heavy atom. The van der Waals surface area contributed by atoms with E-state index in [-0.39, 0.29) is 11.4 Å². The Labute approximate surface area is 196 Å². The number of esters is 3. The maximum atomic E-state index is 11.9. The molecule has 1 aliphatic heterocycles. The highest BCUT2D eigenvalue weighted by Crippen LogP contribution is 2.32. The van der Waals surface area contributed by atoms with Gasteiger partial charge < -0.3 is 18.9 Å². The molecule has 0 aliphatic carbocycles. The Morgan fingerprint density at radius 3 is 2.24 bits per heavy atom. The van der Waals surface area contributed by atoms with Crippen molar-refractivity contribution in [1.82, 2.24) is 19.4 Å². The van der Waals surface area contributed by atoms with E-state index in [1.807, 2.05) is 30.3 Å². The van der Waals surface area contributed by atoms with Gasteiger partial charge in [-0.2, -0.15) is 9.61 Å². The second kappa shape index (κ2) is 9.37. The Bertz CT molecular complexity index is 1250. The lowest BCUT2D eigenvalue weighted by molar-refractivity contribution is -0.241. The molecular weight excluding hydrogens is 472 g/mol. The molecule has 4 atom stereocenters. The maximum absolute atomic E-state index is 11.9. The Balaban J connectivity index is 1.72. The summed E-state index contributed by atoms with van der Waals surface area (Å²) in [5.41, 5.74) is 0.916. The van der Waals surface area contributed by atoms with Gasteiger partial charge in [-0.3, -0.25) is 14.4 Å². The number of rotatable bonds is 5. The van der Waals surface area contributed by atoms with Crippen LogP contribution in [-0.4, -0.2) is 62.2 Å². The van der Waals surface area contributed by atoms with Crippen LogP contribution in [0.4, 0.5) is 0 Å². The molecule has 0 amide bonds. The molecule has 0 spiro atoms. The molecular formula is C20H20N4O7S2. The number of benzene rings is 1. The number of carbonyl (C=O) groups excluding carboxylic acids is 3. The number of nitrogens with zero attached hydrogens (tertiary/aromatic N) is 4. The molecule has 11 nitrogen and oxygen atoms in total. The van der Waals surface area contributed by atoms with Gasteiger partial charge in [0.05, 0.1) is 6.61 Å². The number of hydrogen-bond donors (Lipinski definition) is 0. The first-order valence-electron chi connectivity index (χ1n) is 9.91. The fourth-order valence-electron chi connectivity index (χ4n) is 3.50. The molecule has 4 rings (SSSR count). The van der Waals surface area contributed by atoms with Crippen LogP contribution in [-0.2, 0) is 33.3 Å². The van der Waals surface area contributed by atoms with Crippen LogP contribution in [0.15, 0.2) is 30.3 Å². The van der Waals surface area contributed by atoms with Crippen molar-refractivity contribution < 1.29 is 33.3 Å². The molecule has 0 N–H and O–H groups in total. The number of ether oxygens (including phenoxy) is 4. The lowest BCUT2D eigenvalue weighted by atomic mass is 10.0. The lowest BCUT2D eigenvalue weighted by Crippen LogP contribution is -2.55. The largest absolute Gasteiger partial charge is 0.456 e. The molecule has 0 saturated carbocycles. The first-order chi connectivity index (χ1) is 15.7. The Morgan fingerprint density at radius 2 is 1.64 bits per heavy atom. The van der Waals surface area contributed by atoms with Crippen LogP contribution in [0.25, 0.3) is 15.5 Å². The fourth-order valence-corrected chi connectivity index (χ4v) is 4.72. The van der Waals surface area contributed by atoms with Crippen molar-refractivity contribution in [2.75, 3.05) is 6.61 Å². The topological polar surface area (TPSA) is 123 Å². The zero-order chi connectivity index (χ0) is 23.7. The van der Waals surface area contributed by atoms with E-state index < -0.39 is 42.4 Å². The molecule has 1 fully saturated rings. The first-order valence-corrected chi connectivity index (χ1v) is 11.1. The van der Waals surface area contributed by atoms with E-state index in [2.05, 4.69) is 10.2 Å². The molecule has 2 aromatic heterocycles. The summed E-state index contributed by atoms with van der Waals surface area (Å²) in [6, 6.07) is 9.57. The van der Waals surface area contributed by atoms with Gasteiger partial charge in [0.25, 0.3) is 0 Å². The molecule has 3 aromatic rings. The average molecular weight is 493 g/mol. The van der Waals surface area contributed by atoms with Crippen LogP contribution in [0.3, 0.4) is 0 Å². The summed E-state index contributed by atoms with van der Waals surface area (Å²) in [6.45, 7) is 3.49. The molecule has 0 radical (unpaired) electrons. The minimum absolute atomic E-state index is 0.129. The summed E-state index contributed by atoms with van der Waals surface area (Å²) in [7, 11) is 0. The Kier molecular flexibility index (Phi) is 6.54. The fraction of sp³-hybridized carbons (Fsp3) is 0.400. The van der Waals surface area contributed by atoms with E-state index in [1.165, 1.54) is 41.3 Å². The summed E-state index contributed by atoms with van der Waals surface area (Å²) >= 11 is 6.88. The molecule has 1 saturated heterocycles. The summed E-state index contributed by atoms with van der Waals surface area (Å²) in [4.78, 5) is 35.7. The standard InChI is InChI=1S/C20H20N4O7S2/c1-10(25)29-14-9-28-18(16(31-12(3)27)15(14)30-11(2)26)23-20(32)24-19(22-23)33-17(21-24)13-7-5-4-6-8-13/h4-8,14-16,18H,9H2,1-3H3/t14-,15-,16+,18+/m0/s1. The van der Waals surface area contributed by atoms with Crippen molar-refractivity contribution in [3.63, 3.8) is 0 Å². The number of hydrogen-bond acceptors (Lipinski definition) is 11. The number of aromatic nitrogens is 4. The third-order valence-corrected chi connectivity index (χ3v) is 6.02.